The molecule has 1 aliphatic heterocycles. The molecule has 1 aliphatic rings. The van der Waals surface area contributed by atoms with Gasteiger partial charge in [0.25, 0.3) is 0 Å². The predicted octanol–water partition coefficient (Wildman–Crippen LogP) is 5.10. The molecule has 0 spiro atoms. The summed E-state index contributed by atoms with van der Waals surface area (Å²) in [7, 11) is 1.49. The van der Waals surface area contributed by atoms with Crippen LogP contribution in [-0.4, -0.2) is 29.7 Å². The van der Waals surface area contributed by atoms with Crippen molar-refractivity contribution in [1.82, 2.24) is 10.3 Å². The monoisotopic (exact) mass is 484 g/mol. The van der Waals surface area contributed by atoms with Crippen LogP contribution in [0.2, 0.25) is 0 Å². The number of hydrogen-bond donors (Lipinski definition) is 2. The SMILES string of the molecule is COCC(=O)Nc1ccc(N2C(=S)NC(c3ccccn3)C2c2ccc(-c3ccccc3)o2)cc1. The van der Waals surface area contributed by atoms with Crippen molar-refractivity contribution in [3.63, 3.8) is 0 Å². The number of anilines is 2. The minimum Gasteiger partial charge on any atom is -0.459 e. The maximum absolute atomic E-state index is 11.9. The van der Waals surface area contributed by atoms with E-state index in [0.29, 0.717) is 10.8 Å². The lowest BCUT2D eigenvalue weighted by atomic mass is 10.0. The van der Waals surface area contributed by atoms with Crippen molar-refractivity contribution < 1.29 is 13.9 Å². The van der Waals surface area contributed by atoms with Crippen molar-refractivity contribution in [2.45, 2.75) is 12.1 Å². The van der Waals surface area contributed by atoms with Crippen LogP contribution in [0.5, 0.6) is 0 Å². The number of nitrogens with zero attached hydrogens (tertiary/aromatic N) is 2. The first-order chi connectivity index (χ1) is 17.1. The molecule has 1 saturated heterocycles. The molecule has 3 heterocycles. The third kappa shape index (κ3) is 4.80. The number of pyridine rings is 1. The molecule has 8 heteroatoms. The van der Waals surface area contributed by atoms with E-state index in [1.807, 2.05) is 89.8 Å². The second kappa shape index (κ2) is 10.1. The standard InChI is InChI=1S/C27H24N4O3S/c1-33-17-24(32)29-19-10-12-20(13-11-19)31-26(25(30-27(31)35)21-9-5-6-16-28-21)23-15-14-22(34-23)18-7-3-2-4-8-18/h2-16,25-26H,17H2,1H3,(H,29,32)(H,30,35). The van der Waals surface area contributed by atoms with Gasteiger partial charge in [-0.05, 0) is 60.7 Å². The van der Waals surface area contributed by atoms with E-state index in [4.69, 9.17) is 21.4 Å². The molecule has 2 N–H and O–H groups in total. The Bertz CT molecular complexity index is 1310. The summed E-state index contributed by atoms with van der Waals surface area (Å²) in [6.45, 7) is -0.00203. The average Bonchev–Trinajstić information content (AvgIpc) is 3.50. The third-order valence-electron chi connectivity index (χ3n) is 5.78. The Labute approximate surface area is 208 Å². The van der Waals surface area contributed by atoms with Crippen LogP contribution in [0.15, 0.2) is 95.5 Å². The zero-order valence-electron chi connectivity index (χ0n) is 19.0. The number of carbonyl (C=O) groups excluding carboxylic acids is 1. The van der Waals surface area contributed by atoms with Gasteiger partial charge < -0.3 is 24.7 Å². The number of methoxy groups -OCH3 is 1. The fourth-order valence-electron chi connectivity index (χ4n) is 4.22. The number of hydrogen-bond acceptors (Lipinski definition) is 5. The minimum absolute atomic E-state index is 0.00203. The molecule has 0 radical (unpaired) electrons. The van der Waals surface area contributed by atoms with Crippen LogP contribution in [0.25, 0.3) is 11.3 Å². The maximum atomic E-state index is 11.9. The topological polar surface area (TPSA) is 79.6 Å². The van der Waals surface area contributed by atoms with Crippen LogP contribution in [0.4, 0.5) is 11.4 Å². The molecule has 5 rings (SSSR count). The highest BCUT2D eigenvalue weighted by molar-refractivity contribution is 7.80. The number of aromatic nitrogens is 1. The van der Waals surface area contributed by atoms with E-state index < -0.39 is 0 Å². The van der Waals surface area contributed by atoms with Crippen molar-refractivity contribution in [2.24, 2.45) is 0 Å². The first kappa shape index (κ1) is 22.8. The lowest BCUT2D eigenvalue weighted by Crippen LogP contribution is -2.29. The van der Waals surface area contributed by atoms with Crippen LogP contribution >= 0.6 is 12.2 Å². The van der Waals surface area contributed by atoms with Crippen molar-refractivity contribution >= 4 is 34.6 Å². The Morgan fingerprint density at radius 2 is 1.83 bits per heavy atom. The molecular formula is C27H24N4O3S. The summed E-state index contributed by atoms with van der Waals surface area (Å²) < 4.78 is 11.3. The van der Waals surface area contributed by atoms with Crippen molar-refractivity contribution in [1.29, 1.82) is 0 Å². The normalized spacial score (nSPS) is 17.3. The molecule has 176 valence electrons. The summed E-state index contributed by atoms with van der Waals surface area (Å²) in [5.74, 6) is 1.34. The predicted molar refractivity (Wildman–Crippen MR) is 139 cm³/mol. The molecule has 35 heavy (non-hydrogen) atoms. The highest BCUT2D eigenvalue weighted by atomic mass is 32.1. The van der Waals surface area contributed by atoms with E-state index in [2.05, 4.69) is 15.6 Å². The molecule has 2 aromatic heterocycles. The molecule has 2 aromatic carbocycles. The summed E-state index contributed by atoms with van der Waals surface area (Å²) in [4.78, 5) is 18.5. The van der Waals surface area contributed by atoms with Gasteiger partial charge in [0.1, 0.15) is 24.2 Å². The Balaban J connectivity index is 1.50. The lowest BCUT2D eigenvalue weighted by Gasteiger charge is -2.26. The van der Waals surface area contributed by atoms with Crippen LogP contribution in [0, 0.1) is 0 Å². The van der Waals surface area contributed by atoms with Crippen LogP contribution < -0.4 is 15.5 Å². The Hall–Kier alpha value is -4.01. The number of amides is 1. The van der Waals surface area contributed by atoms with Gasteiger partial charge in [-0.3, -0.25) is 9.78 Å². The first-order valence-electron chi connectivity index (χ1n) is 11.2. The van der Waals surface area contributed by atoms with E-state index in [0.717, 1.165) is 28.5 Å². The minimum atomic E-state index is -0.260. The highest BCUT2D eigenvalue weighted by Crippen LogP contribution is 2.43. The fourth-order valence-corrected chi connectivity index (χ4v) is 4.57. The van der Waals surface area contributed by atoms with Gasteiger partial charge in [0.15, 0.2) is 5.11 Å². The number of nitrogens with one attached hydrogen (secondary N) is 2. The quantitative estimate of drug-likeness (QED) is 0.353. The van der Waals surface area contributed by atoms with E-state index in [1.165, 1.54) is 7.11 Å². The number of ether oxygens (including phenoxy) is 1. The molecule has 0 bridgehead atoms. The molecule has 1 fully saturated rings. The van der Waals surface area contributed by atoms with E-state index in [1.54, 1.807) is 6.20 Å². The Morgan fingerprint density at radius 1 is 1.06 bits per heavy atom. The maximum Gasteiger partial charge on any atom is 0.250 e. The molecule has 2 unspecified atom stereocenters. The van der Waals surface area contributed by atoms with Crippen LogP contribution in [0.1, 0.15) is 23.5 Å². The van der Waals surface area contributed by atoms with Gasteiger partial charge in [0, 0.05) is 30.2 Å². The Kier molecular flexibility index (Phi) is 6.56. The van der Waals surface area contributed by atoms with Crippen LogP contribution in [0.3, 0.4) is 0 Å². The van der Waals surface area contributed by atoms with Gasteiger partial charge in [-0.2, -0.15) is 0 Å². The second-order valence-corrected chi connectivity index (χ2v) is 8.48. The zero-order chi connectivity index (χ0) is 24.2. The van der Waals surface area contributed by atoms with Crippen molar-refractivity contribution in [3.8, 4) is 11.3 Å². The molecule has 4 aromatic rings. The second-order valence-electron chi connectivity index (χ2n) is 8.09. The zero-order valence-corrected chi connectivity index (χ0v) is 19.9. The number of benzene rings is 2. The first-order valence-corrected chi connectivity index (χ1v) is 11.6. The largest absolute Gasteiger partial charge is 0.459 e. The number of thiocarbonyl (C=S) groups is 1. The Morgan fingerprint density at radius 3 is 2.54 bits per heavy atom. The molecule has 0 saturated carbocycles. The van der Waals surface area contributed by atoms with Gasteiger partial charge in [-0.25, -0.2) is 0 Å². The summed E-state index contributed by atoms with van der Waals surface area (Å²) in [5, 5.41) is 6.81. The molecule has 0 aliphatic carbocycles. The lowest BCUT2D eigenvalue weighted by molar-refractivity contribution is -0.119. The van der Waals surface area contributed by atoms with Gasteiger partial charge in [-0.1, -0.05) is 36.4 Å². The van der Waals surface area contributed by atoms with Crippen molar-refractivity contribution in [2.75, 3.05) is 23.9 Å². The molecule has 1 amide bonds. The van der Waals surface area contributed by atoms with E-state index in [9.17, 15) is 4.79 Å². The number of carbonyl (C=O) groups is 1. The molecular weight excluding hydrogens is 460 g/mol. The average molecular weight is 485 g/mol. The van der Waals surface area contributed by atoms with Gasteiger partial charge in [0.2, 0.25) is 5.91 Å². The molecule has 2 atom stereocenters. The highest BCUT2D eigenvalue weighted by Gasteiger charge is 2.42. The van der Waals surface area contributed by atoms with Crippen LogP contribution in [-0.2, 0) is 9.53 Å². The summed E-state index contributed by atoms with van der Waals surface area (Å²) in [6.07, 6.45) is 1.77. The molecule has 7 nitrogen and oxygen atoms in total. The number of furan rings is 1. The van der Waals surface area contributed by atoms with Gasteiger partial charge >= 0.3 is 0 Å². The van der Waals surface area contributed by atoms with Crippen molar-refractivity contribution in [3.05, 3.63) is 103 Å². The number of rotatable bonds is 7. The van der Waals surface area contributed by atoms with Gasteiger partial charge in [-0.15, -0.1) is 0 Å². The summed E-state index contributed by atoms with van der Waals surface area (Å²) >= 11 is 5.77. The van der Waals surface area contributed by atoms with E-state index >= 15 is 0 Å². The summed E-state index contributed by atoms with van der Waals surface area (Å²) in [5.41, 5.74) is 3.41. The fraction of sp³-hybridized carbons (Fsp3) is 0.148. The third-order valence-corrected chi connectivity index (χ3v) is 6.09. The summed E-state index contributed by atoms with van der Waals surface area (Å²) in [6, 6.07) is 26.8. The smallest absolute Gasteiger partial charge is 0.250 e. The van der Waals surface area contributed by atoms with Gasteiger partial charge in [0.05, 0.1) is 11.7 Å². The van der Waals surface area contributed by atoms with E-state index in [-0.39, 0.29) is 24.6 Å².